The van der Waals surface area contributed by atoms with E-state index in [-0.39, 0.29) is 0 Å². The molecule has 0 radical (unpaired) electrons. The minimum atomic E-state index is 0.529. The van der Waals surface area contributed by atoms with Crippen LogP contribution < -0.4 is 10.2 Å². The van der Waals surface area contributed by atoms with E-state index in [0.717, 1.165) is 15.6 Å². The first-order chi connectivity index (χ1) is 10.2. The minimum Gasteiger partial charge on any atom is -0.348 e. The highest BCUT2D eigenvalue weighted by Gasteiger charge is 2.21. The summed E-state index contributed by atoms with van der Waals surface area (Å²) in [6.45, 7) is 0. The van der Waals surface area contributed by atoms with Crippen LogP contribution in [0.5, 0.6) is 0 Å². The lowest BCUT2D eigenvalue weighted by atomic mass is 10.2. The summed E-state index contributed by atoms with van der Waals surface area (Å²) in [6, 6.07) is 12.0. The standard InChI is InChI=1S/C15H13N5S/c1-20(2)15-17-8-7-11(19-15)10(9-16)14-18-12-5-3-4-6-13(12)21-14/h3-8,18H,1-2H3/b14-10+. The van der Waals surface area contributed by atoms with Gasteiger partial charge < -0.3 is 10.2 Å². The molecule has 1 aromatic carbocycles. The van der Waals surface area contributed by atoms with Gasteiger partial charge in [0.15, 0.2) is 0 Å². The normalized spacial score (nSPS) is 14.9. The Morgan fingerprint density at radius 3 is 2.81 bits per heavy atom. The van der Waals surface area contributed by atoms with Crippen LogP contribution in [0.4, 0.5) is 11.6 Å². The van der Waals surface area contributed by atoms with Gasteiger partial charge in [-0.2, -0.15) is 5.26 Å². The van der Waals surface area contributed by atoms with Gasteiger partial charge in [-0.3, -0.25) is 0 Å². The molecule has 1 aromatic heterocycles. The number of nitrogens with zero attached hydrogens (tertiary/aromatic N) is 4. The Morgan fingerprint density at radius 1 is 1.29 bits per heavy atom. The Bertz CT molecular complexity index is 734. The molecule has 2 heterocycles. The van der Waals surface area contributed by atoms with Crippen LogP contribution in [-0.2, 0) is 0 Å². The summed E-state index contributed by atoms with van der Waals surface area (Å²) < 4.78 is 0. The van der Waals surface area contributed by atoms with Gasteiger partial charge in [0.2, 0.25) is 5.95 Å². The van der Waals surface area contributed by atoms with Gasteiger partial charge in [0.05, 0.1) is 16.4 Å². The molecule has 0 unspecified atom stereocenters. The van der Waals surface area contributed by atoms with Crippen molar-refractivity contribution in [3.63, 3.8) is 0 Å². The van der Waals surface area contributed by atoms with Gasteiger partial charge in [0.25, 0.3) is 0 Å². The van der Waals surface area contributed by atoms with Crippen LogP contribution in [0.1, 0.15) is 5.69 Å². The van der Waals surface area contributed by atoms with E-state index >= 15 is 0 Å². The van der Waals surface area contributed by atoms with Crippen molar-refractivity contribution in [2.45, 2.75) is 4.90 Å². The van der Waals surface area contributed by atoms with Gasteiger partial charge in [0.1, 0.15) is 11.6 Å². The van der Waals surface area contributed by atoms with E-state index in [1.54, 1.807) is 24.0 Å². The van der Waals surface area contributed by atoms with E-state index < -0.39 is 0 Å². The van der Waals surface area contributed by atoms with Gasteiger partial charge in [-0.25, -0.2) is 9.97 Å². The lowest BCUT2D eigenvalue weighted by molar-refractivity contribution is 0.991. The molecule has 2 aromatic rings. The molecule has 0 aliphatic carbocycles. The fourth-order valence-corrected chi connectivity index (χ4v) is 2.97. The number of hydrogen-bond acceptors (Lipinski definition) is 6. The fraction of sp³-hybridized carbons (Fsp3) is 0.133. The molecule has 0 bridgehead atoms. The highest BCUT2D eigenvalue weighted by Crippen LogP contribution is 2.43. The number of hydrogen-bond donors (Lipinski definition) is 1. The number of benzene rings is 1. The molecule has 0 atom stereocenters. The molecule has 104 valence electrons. The average molecular weight is 295 g/mol. The zero-order valence-corrected chi connectivity index (χ0v) is 12.5. The number of anilines is 2. The Hall–Kier alpha value is -2.52. The Labute approximate surface area is 127 Å². The summed E-state index contributed by atoms with van der Waals surface area (Å²) in [4.78, 5) is 11.5. The first kappa shape index (κ1) is 13.5. The van der Waals surface area contributed by atoms with E-state index in [0.29, 0.717) is 17.2 Å². The number of thioether (sulfide) groups is 1. The maximum atomic E-state index is 9.51. The minimum absolute atomic E-state index is 0.529. The topological polar surface area (TPSA) is 64.8 Å². The highest BCUT2D eigenvalue weighted by molar-refractivity contribution is 8.04. The predicted molar refractivity (Wildman–Crippen MR) is 84.8 cm³/mol. The van der Waals surface area contributed by atoms with E-state index in [4.69, 9.17) is 0 Å². The van der Waals surface area contributed by atoms with Crippen LogP contribution in [0.2, 0.25) is 0 Å². The summed E-state index contributed by atoms with van der Waals surface area (Å²) in [6.07, 6.45) is 1.67. The molecular formula is C15H13N5S. The average Bonchev–Trinajstić information content (AvgIpc) is 2.91. The third kappa shape index (κ3) is 2.56. The maximum Gasteiger partial charge on any atom is 0.225 e. The Morgan fingerprint density at radius 2 is 2.10 bits per heavy atom. The van der Waals surface area contributed by atoms with E-state index in [2.05, 4.69) is 21.4 Å². The summed E-state index contributed by atoms with van der Waals surface area (Å²) in [5, 5.41) is 13.6. The monoisotopic (exact) mass is 295 g/mol. The molecule has 6 heteroatoms. The van der Waals surface area contributed by atoms with Crippen LogP contribution >= 0.6 is 11.8 Å². The van der Waals surface area contributed by atoms with Gasteiger partial charge in [-0.15, -0.1) is 0 Å². The zero-order valence-electron chi connectivity index (χ0n) is 11.7. The van der Waals surface area contributed by atoms with Crippen molar-refractivity contribution >= 4 is 29.0 Å². The summed E-state index contributed by atoms with van der Waals surface area (Å²) in [7, 11) is 3.74. The first-order valence-electron chi connectivity index (χ1n) is 6.38. The molecule has 0 spiro atoms. The predicted octanol–water partition coefficient (Wildman–Crippen LogP) is 2.95. The summed E-state index contributed by atoms with van der Waals surface area (Å²) >= 11 is 1.55. The van der Waals surface area contributed by atoms with E-state index in [1.807, 2.05) is 43.3 Å². The largest absolute Gasteiger partial charge is 0.348 e. The quantitative estimate of drug-likeness (QED) is 0.859. The van der Waals surface area contributed by atoms with Crippen molar-refractivity contribution in [3.8, 4) is 6.07 Å². The SMILES string of the molecule is CN(C)c1nccc(/C(C#N)=C2\Nc3ccccc3S2)n1. The maximum absolute atomic E-state index is 9.51. The lowest BCUT2D eigenvalue weighted by Gasteiger charge is -2.11. The number of allylic oxidation sites excluding steroid dienone is 1. The van der Waals surface area contributed by atoms with Gasteiger partial charge in [-0.1, -0.05) is 23.9 Å². The molecule has 21 heavy (non-hydrogen) atoms. The Balaban J connectivity index is 2.03. The number of fused-ring (bicyclic) bond motifs is 1. The second-order valence-electron chi connectivity index (χ2n) is 4.68. The molecule has 0 amide bonds. The molecule has 0 fully saturated rings. The second kappa shape index (κ2) is 5.46. The number of aromatic nitrogens is 2. The van der Waals surface area contributed by atoms with E-state index in [9.17, 15) is 5.26 Å². The number of para-hydroxylation sites is 1. The number of rotatable bonds is 2. The molecule has 1 aliphatic heterocycles. The summed E-state index contributed by atoms with van der Waals surface area (Å²) in [5.41, 5.74) is 2.17. The van der Waals surface area contributed by atoms with Crippen LogP contribution in [-0.4, -0.2) is 24.1 Å². The number of nitriles is 1. The Kier molecular flexibility index (Phi) is 3.50. The number of nitrogens with one attached hydrogen (secondary N) is 1. The molecule has 0 saturated heterocycles. The fourth-order valence-electron chi connectivity index (χ4n) is 1.96. The molecule has 0 saturated carbocycles. The van der Waals surface area contributed by atoms with Gasteiger partial charge in [0, 0.05) is 25.2 Å². The molecule has 1 aliphatic rings. The van der Waals surface area contributed by atoms with Crippen molar-refractivity contribution < 1.29 is 0 Å². The van der Waals surface area contributed by atoms with Gasteiger partial charge >= 0.3 is 0 Å². The molecule has 1 N–H and O–H groups in total. The van der Waals surface area contributed by atoms with Crippen molar-refractivity contribution in [3.05, 3.63) is 47.3 Å². The van der Waals surface area contributed by atoms with Crippen LogP contribution in [0.25, 0.3) is 5.57 Å². The van der Waals surface area contributed by atoms with Crippen molar-refractivity contribution in [2.75, 3.05) is 24.3 Å². The van der Waals surface area contributed by atoms with E-state index in [1.165, 1.54) is 0 Å². The van der Waals surface area contributed by atoms with Crippen LogP contribution in [0.15, 0.2) is 46.5 Å². The highest BCUT2D eigenvalue weighted by atomic mass is 32.2. The summed E-state index contributed by atoms with van der Waals surface area (Å²) in [5.74, 6) is 0.585. The zero-order chi connectivity index (χ0) is 14.8. The van der Waals surface area contributed by atoms with Gasteiger partial charge in [-0.05, 0) is 18.2 Å². The second-order valence-corrected chi connectivity index (χ2v) is 5.73. The van der Waals surface area contributed by atoms with Crippen molar-refractivity contribution in [2.24, 2.45) is 0 Å². The first-order valence-corrected chi connectivity index (χ1v) is 7.19. The molecule has 5 nitrogen and oxygen atoms in total. The van der Waals surface area contributed by atoms with Crippen LogP contribution in [0.3, 0.4) is 0 Å². The molecule has 3 rings (SSSR count). The van der Waals surface area contributed by atoms with Crippen LogP contribution in [0, 0.1) is 11.3 Å². The third-order valence-corrected chi connectivity index (χ3v) is 4.07. The van der Waals surface area contributed by atoms with Crippen molar-refractivity contribution in [1.82, 2.24) is 9.97 Å². The smallest absolute Gasteiger partial charge is 0.225 e. The third-order valence-electron chi connectivity index (χ3n) is 2.99. The lowest BCUT2D eigenvalue weighted by Crippen LogP contribution is -2.13. The van der Waals surface area contributed by atoms with Crippen molar-refractivity contribution in [1.29, 1.82) is 5.26 Å². The molecular weight excluding hydrogens is 282 g/mol.